The fraction of sp³-hybridized carbons (Fsp3) is 0.455. The minimum atomic E-state index is -4.01. The Morgan fingerprint density at radius 3 is 2.32 bits per heavy atom. The van der Waals surface area contributed by atoms with Crippen molar-refractivity contribution in [3.8, 4) is 12.3 Å². The Hall–Kier alpha value is -3.43. The van der Waals surface area contributed by atoms with Gasteiger partial charge in [0.25, 0.3) is 10.1 Å². The predicted molar refractivity (Wildman–Crippen MR) is 123 cm³/mol. The molecule has 0 fully saturated rings. The van der Waals surface area contributed by atoms with Crippen molar-refractivity contribution in [1.29, 1.82) is 0 Å². The first-order valence-corrected chi connectivity index (χ1v) is 12.0. The molecule has 3 atom stereocenters. The first kappa shape index (κ1) is 28.6. The van der Waals surface area contributed by atoms with Gasteiger partial charge in [0.05, 0.1) is 24.5 Å². The topological polar surface area (TPSA) is 174 Å². The minimum absolute atomic E-state index is 0.0358. The van der Waals surface area contributed by atoms with Crippen LogP contribution < -0.4 is 21.7 Å². The smallest absolute Gasteiger partial charge is 0.296 e. The van der Waals surface area contributed by atoms with Gasteiger partial charge >= 0.3 is 0 Å². The number of amides is 4. The van der Waals surface area contributed by atoms with Gasteiger partial charge in [-0.15, -0.1) is 12.3 Å². The van der Waals surface area contributed by atoms with Gasteiger partial charge in [0.15, 0.2) is 0 Å². The van der Waals surface area contributed by atoms with E-state index in [-0.39, 0.29) is 23.7 Å². The van der Waals surface area contributed by atoms with Crippen LogP contribution in [-0.4, -0.2) is 57.3 Å². The van der Waals surface area contributed by atoms with E-state index in [4.69, 9.17) is 16.3 Å². The first-order valence-electron chi connectivity index (χ1n) is 10.6. The van der Waals surface area contributed by atoms with Gasteiger partial charge in [0.2, 0.25) is 23.6 Å². The van der Waals surface area contributed by atoms with Crippen LogP contribution in [0.25, 0.3) is 0 Å². The molecule has 1 aromatic rings. The molecule has 0 heterocycles. The van der Waals surface area contributed by atoms with Gasteiger partial charge in [-0.2, -0.15) is 8.42 Å². The largest absolute Gasteiger partial charge is 0.368 e. The number of carbonyl (C=O) groups excluding carboxylic acids is 4. The third-order valence-electron chi connectivity index (χ3n) is 4.84. The van der Waals surface area contributed by atoms with E-state index in [0.717, 1.165) is 0 Å². The molecule has 1 rings (SSSR count). The van der Waals surface area contributed by atoms with Crippen molar-refractivity contribution in [2.24, 2.45) is 11.7 Å². The summed E-state index contributed by atoms with van der Waals surface area (Å²) in [6, 6.07) is 5.44. The van der Waals surface area contributed by atoms with E-state index in [0.29, 0.717) is 6.42 Å². The van der Waals surface area contributed by atoms with Crippen LogP contribution in [0.4, 0.5) is 0 Å². The molecule has 0 bridgehead atoms. The van der Waals surface area contributed by atoms with Crippen molar-refractivity contribution in [2.45, 2.75) is 50.1 Å². The van der Waals surface area contributed by atoms with E-state index >= 15 is 0 Å². The SMILES string of the molecule is C#CC[C@H](NC(=O)CNC(=O)[C@@H](NC(=O)CCOS(=O)(=O)c1ccccc1)[C@@H](C)CC)C(N)=O. The number of benzene rings is 1. The van der Waals surface area contributed by atoms with Gasteiger partial charge in [0, 0.05) is 6.42 Å². The van der Waals surface area contributed by atoms with Gasteiger partial charge in [-0.25, -0.2) is 0 Å². The summed E-state index contributed by atoms with van der Waals surface area (Å²) in [7, 11) is -4.01. The second kappa shape index (κ2) is 14.0. The standard InChI is InChI=1S/C22H30N4O7S/c1-4-9-17(21(23)29)25-19(28)14-24-22(30)20(15(3)5-2)26-18(27)12-13-33-34(31,32)16-10-7-6-8-11-16/h1,6-8,10-11,15,17,20H,5,9,12-14H2,2-3H3,(H2,23,29)(H,24,30)(H,25,28)(H,26,27)/t15-,17-,20-/m0/s1. The van der Waals surface area contributed by atoms with Crippen LogP contribution in [0.15, 0.2) is 35.2 Å². The predicted octanol–water partition coefficient (Wildman–Crippen LogP) is -0.577. The Kier molecular flexibility index (Phi) is 11.8. The molecule has 0 spiro atoms. The van der Waals surface area contributed by atoms with E-state index < -0.39 is 59.0 Å². The van der Waals surface area contributed by atoms with Gasteiger partial charge in [-0.3, -0.25) is 23.4 Å². The molecule has 1 aromatic carbocycles. The summed E-state index contributed by atoms with van der Waals surface area (Å²) < 4.78 is 29.1. The quantitative estimate of drug-likeness (QED) is 0.198. The van der Waals surface area contributed by atoms with E-state index in [2.05, 4.69) is 21.9 Å². The normalized spacial score (nSPS) is 13.6. The zero-order valence-corrected chi connectivity index (χ0v) is 19.9. The molecule has 0 aliphatic heterocycles. The number of hydrogen-bond donors (Lipinski definition) is 4. The molecule has 11 nitrogen and oxygen atoms in total. The van der Waals surface area contributed by atoms with Gasteiger partial charge in [0.1, 0.15) is 12.1 Å². The minimum Gasteiger partial charge on any atom is -0.368 e. The molecule has 0 saturated carbocycles. The average Bonchev–Trinajstić information content (AvgIpc) is 2.80. The third-order valence-corrected chi connectivity index (χ3v) is 6.16. The highest BCUT2D eigenvalue weighted by atomic mass is 32.2. The summed E-state index contributed by atoms with van der Waals surface area (Å²) in [6.45, 7) is 2.67. The molecule has 0 aliphatic carbocycles. The molecule has 12 heteroatoms. The Morgan fingerprint density at radius 2 is 1.76 bits per heavy atom. The van der Waals surface area contributed by atoms with Crippen molar-refractivity contribution in [3.63, 3.8) is 0 Å². The number of carbonyl (C=O) groups is 4. The summed E-state index contributed by atoms with van der Waals surface area (Å²) in [5.74, 6) is -0.781. The van der Waals surface area contributed by atoms with Crippen LogP contribution in [0.5, 0.6) is 0 Å². The van der Waals surface area contributed by atoms with Crippen LogP contribution in [0.1, 0.15) is 33.1 Å². The fourth-order valence-corrected chi connectivity index (χ4v) is 3.64. The number of primary amides is 1. The summed E-state index contributed by atoms with van der Waals surface area (Å²) in [4.78, 5) is 48.2. The van der Waals surface area contributed by atoms with Crippen molar-refractivity contribution < 1.29 is 31.8 Å². The van der Waals surface area contributed by atoms with Crippen molar-refractivity contribution in [2.75, 3.05) is 13.2 Å². The first-order chi connectivity index (χ1) is 16.0. The number of rotatable bonds is 14. The molecule has 4 amide bonds. The van der Waals surface area contributed by atoms with E-state index in [1.54, 1.807) is 25.1 Å². The van der Waals surface area contributed by atoms with Crippen molar-refractivity contribution >= 4 is 33.7 Å². The molecule has 186 valence electrons. The number of nitrogens with one attached hydrogen (secondary N) is 3. The van der Waals surface area contributed by atoms with Crippen LogP contribution in [0.3, 0.4) is 0 Å². The maximum Gasteiger partial charge on any atom is 0.296 e. The molecule has 0 saturated heterocycles. The van der Waals surface area contributed by atoms with Crippen LogP contribution in [0.2, 0.25) is 0 Å². The Labute approximate surface area is 199 Å². The van der Waals surface area contributed by atoms with Crippen LogP contribution in [-0.2, 0) is 33.5 Å². The lowest BCUT2D eigenvalue weighted by Crippen LogP contribution is -2.53. The Morgan fingerprint density at radius 1 is 1.12 bits per heavy atom. The Balaban J connectivity index is 2.62. The van der Waals surface area contributed by atoms with Gasteiger partial charge < -0.3 is 21.7 Å². The molecule has 0 aromatic heterocycles. The molecular weight excluding hydrogens is 464 g/mol. The maximum atomic E-state index is 12.6. The molecule has 0 radical (unpaired) electrons. The molecular formula is C22H30N4O7S. The number of hydrogen-bond acceptors (Lipinski definition) is 7. The van der Waals surface area contributed by atoms with Gasteiger partial charge in [-0.1, -0.05) is 38.5 Å². The highest BCUT2D eigenvalue weighted by Crippen LogP contribution is 2.12. The lowest BCUT2D eigenvalue weighted by molar-refractivity contribution is -0.132. The molecule has 0 aliphatic rings. The molecule has 0 unspecified atom stereocenters. The third kappa shape index (κ3) is 9.60. The molecule has 5 N–H and O–H groups in total. The summed E-state index contributed by atoms with van der Waals surface area (Å²) in [5.41, 5.74) is 5.16. The summed E-state index contributed by atoms with van der Waals surface area (Å²) in [6.07, 6.45) is 5.26. The Bertz CT molecular complexity index is 1010. The second-order valence-electron chi connectivity index (χ2n) is 7.42. The highest BCUT2D eigenvalue weighted by Gasteiger charge is 2.27. The van der Waals surface area contributed by atoms with Crippen LogP contribution in [0, 0.1) is 18.3 Å². The zero-order valence-electron chi connectivity index (χ0n) is 19.1. The highest BCUT2D eigenvalue weighted by molar-refractivity contribution is 7.86. The summed E-state index contributed by atoms with van der Waals surface area (Å²) in [5, 5.41) is 7.25. The van der Waals surface area contributed by atoms with Crippen LogP contribution >= 0.6 is 0 Å². The van der Waals surface area contributed by atoms with E-state index in [1.165, 1.54) is 12.1 Å². The molecule has 34 heavy (non-hydrogen) atoms. The maximum absolute atomic E-state index is 12.6. The summed E-state index contributed by atoms with van der Waals surface area (Å²) >= 11 is 0. The fourth-order valence-electron chi connectivity index (χ4n) is 2.71. The lowest BCUT2D eigenvalue weighted by atomic mass is 9.98. The number of terminal acetylenes is 1. The van der Waals surface area contributed by atoms with Crippen molar-refractivity contribution in [3.05, 3.63) is 30.3 Å². The van der Waals surface area contributed by atoms with E-state index in [1.807, 2.05) is 6.92 Å². The van der Waals surface area contributed by atoms with Crippen molar-refractivity contribution in [1.82, 2.24) is 16.0 Å². The van der Waals surface area contributed by atoms with Gasteiger partial charge in [-0.05, 0) is 18.1 Å². The second-order valence-corrected chi connectivity index (χ2v) is 9.03. The van der Waals surface area contributed by atoms with E-state index in [9.17, 15) is 27.6 Å². The zero-order chi connectivity index (χ0) is 25.7. The average molecular weight is 495 g/mol. The lowest BCUT2D eigenvalue weighted by Gasteiger charge is -2.23. The monoisotopic (exact) mass is 494 g/mol. The number of nitrogens with two attached hydrogens (primary N) is 1.